The molecule has 1 aromatic heterocycles. The molecule has 5 nitrogen and oxygen atoms in total. The number of rotatable bonds is 2. The molecule has 1 aromatic carbocycles. The third kappa shape index (κ3) is 2.32. The molecule has 82 valence electrons. The van der Waals surface area contributed by atoms with E-state index in [1.54, 1.807) is 24.3 Å². The summed E-state index contributed by atoms with van der Waals surface area (Å²) in [5, 5.41) is 3.35. The molecule has 0 spiro atoms. The summed E-state index contributed by atoms with van der Waals surface area (Å²) < 4.78 is 0. The number of aromatic nitrogens is 2. The third-order valence-electron chi connectivity index (χ3n) is 1.90. The highest BCUT2D eigenvalue weighted by Crippen LogP contribution is 2.22. The van der Waals surface area contributed by atoms with Crippen LogP contribution in [0.3, 0.4) is 0 Å². The summed E-state index contributed by atoms with van der Waals surface area (Å²) in [6.07, 6.45) is 0. The summed E-state index contributed by atoms with van der Waals surface area (Å²) >= 11 is 5.91. The maximum absolute atomic E-state index is 11.0. The van der Waals surface area contributed by atoms with Crippen LogP contribution in [0.4, 0.5) is 11.5 Å². The number of benzene rings is 1. The second-order valence-electron chi connectivity index (χ2n) is 3.11. The summed E-state index contributed by atoms with van der Waals surface area (Å²) in [6.45, 7) is 0. The lowest BCUT2D eigenvalue weighted by atomic mass is 10.3. The Morgan fingerprint density at radius 3 is 2.56 bits per heavy atom. The van der Waals surface area contributed by atoms with E-state index in [1.165, 1.54) is 6.07 Å². The maximum Gasteiger partial charge on any atom is 0.327 e. The first-order valence-corrected chi connectivity index (χ1v) is 4.88. The highest BCUT2D eigenvalue weighted by molar-refractivity contribution is 6.33. The van der Waals surface area contributed by atoms with Gasteiger partial charge in [0.2, 0.25) is 0 Å². The van der Waals surface area contributed by atoms with Crippen LogP contribution in [0.25, 0.3) is 0 Å². The van der Waals surface area contributed by atoms with Crippen molar-refractivity contribution in [1.82, 2.24) is 9.97 Å². The van der Waals surface area contributed by atoms with Gasteiger partial charge in [0.1, 0.15) is 5.82 Å². The molecular weight excluding hydrogens is 230 g/mol. The van der Waals surface area contributed by atoms with Crippen molar-refractivity contribution in [2.24, 2.45) is 0 Å². The van der Waals surface area contributed by atoms with E-state index < -0.39 is 11.2 Å². The predicted octanol–water partition coefficient (Wildman–Crippen LogP) is 1.46. The Balaban J connectivity index is 2.38. The quantitative estimate of drug-likeness (QED) is 0.740. The van der Waals surface area contributed by atoms with E-state index in [0.717, 1.165) is 0 Å². The monoisotopic (exact) mass is 237 g/mol. The third-order valence-corrected chi connectivity index (χ3v) is 2.23. The number of hydrogen-bond donors (Lipinski definition) is 3. The molecule has 0 radical (unpaired) electrons. The number of anilines is 2. The molecule has 0 bridgehead atoms. The molecule has 0 aliphatic rings. The fourth-order valence-corrected chi connectivity index (χ4v) is 1.43. The minimum absolute atomic E-state index is 0.293. The molecule has 0 saturated heterocycles. The van der Waals surface area contributed by atoms with Crippen LogP contribution in [0, 0.1) is 0 Å². The second kappa shape index (κ2) is 4.24. The van der Waals surface area contributed by atoms with Gasteiger partial charge in [-0.3, -0.25) is 14.8 Å². The number of aromatic amines is 2. The van der Waals surface area contributed by atoms with Gasteiger partial charge >= 0.3 is 5.69 Å². The van der Waals surface area contributed by atoms with Crippen LogP contribution in [0.2, 0.25) is 5.02 Å². The molecule has 2 rings (SSSR count). The van der Waals surface area contributed by atoms with Crippen molar-refractivity contribution in [3.8, 4) is 0 Å². The summed E-state index contributed by atoms with van der Waals surface area (Å²) in [4.78, 5) is 26.6. The predicted molar refractivity (Wildman–Crippen MR) is 62.4 cm³/mol. The van der Waals surface area contributed by atoms with Gasteiger partial charge < -0.3 is 5.32 Å². The van der Waals surface area contributed by atoms with Crippen LogP contribution in [0.15, 0.2) is 39.9 Å². The van der Waals surface area contributed by atoms with E-state index in [9.17, 15) is 9.59 Å². The Morgan fingerprint density at radius 2 is 1.88 bits per heavy atom. The molecule has 0 aliphatic heterocycles. The molecule has 0 amide bonds. The van der Waals surface area contributed by atoms with Crippen LogP contribution in [0.5, 0.6) is 0 Å². The average molecular weight is 238 g/mol. The molecule has 0 saturated carbocycles. The highest BCUT2D eigenvalue weighted by atomic mass is 35.5. The van der Waals surface area contributed by atoms with Crippen LogP contribution in [-0.2, 0) is 0 Å². The summed E-state index contributed by atoms with van der Waals surface area (Å²) in [7, 11) is 0. The number of halogens is 1. The largest absolute Gasteiger partial charge is 0.340 e. The van der Waals surface area contributed by atoms with Crippen molar-refractivity contribution < 1.29 is 0 Å². The van der Waals surface area contributed by atoms with E-state index in [0.29, 0.717) is 16.5 Å². The summed E-state index contributed by atoms with van der Waals surface area (Å²) in [5.74, 6) is 0.293. The molecule has 1 heterocycles. The van der Waals surface area contributed by atoms with E-state index in [-0.39, 0.29) is 0 Å². The van der Waals surface area contributed by atoms with Crippen molar-refractivity contribution in [1.29, 1.82) is 0 Å². The molecule has 6 heteroatoms. The molecule has 0 fully saturated rings. The Kier molecular flexibility index (Phi) is 2.78. The zero-order chi connectivity index (χ0) is 11.5. The lowest BCUT2D eigenvalue weighted by Crippen LogP contribution is -2.22. The number of nitrogens with one attached hydrogen (secondary N) is 3. The molecule has 0 unspecified atom stereocenters. The molecule has 2 aromatic rings. The molecule has 16 heavy (non-hydrogen) atoms. The first kappa shape index (κ1) is 10.5. The lowest BCUT2D eigenvalue weighted by molar-refractivity contribution is 1.04. The van der Waals surface area contributed by atoms with Crippen molar-refractivity contribution in [3.05, 3.63) is 56.2 Å². The topological polar surface area (TPSA) is 77.8 Å². The summed E-state index contributed by atoms with van der Waals surface area (Å²) in [6, 6.07) is 8.26. The van der Waals surface area contributed by atoms with Crippen LogP contribution in [-0.4, -0.2) is 9.97 Å². The van der Waals surface area contributed by atoms with Crippen molar-refractivity contribution in [2.45, 2.75) is 0 Å². The molecule has 0 atom stereocenters. The Morgan fingerprint density at radius 1 is 1.12 bits per heavy atom. The average Bonchev–Trinajstić information content (AvgIpc) is 2.20. The van der Waals surface area contributed by atoms with Gasteiger partial charge in [-0.2, -0.15) is 0 Å². The number of H-pyrrole nitrogens is 2. The second-order valence-corrected chi connectivity index (χ2v) is 3.51. The van der Waals surface area contributed by atoms with Gasteiger partial charge in [-0.15, -0.1) is 0 Å². The highest BCUT2D eigenvalue weighted by Gasteiger charge is 2.00. The van der Waals surface area contributed by atoms with E-state index in [1.807, 2.05) is 0 Å². The minimum atomic E-state index is -0.568. The number of hydrogen-bond acceptors (Lipinski definition) is 3. The standard InChI is InChI=1S/C10H8ClN3O2/c11-6-3-1-2-4-7(6)12-8-5-9(15)14-10(16)13-8/h1-5H,(H3,12,13,14,15,16). The van der Waals surface area contributed by atoms with Gasteiger partial charge in [-0.25, -0.2) is 4.79 Å². The SMILES string of the molecule is O=c1cc(Nc2ccccc2Cl)[nH]c(=O)[nH]1. The van der Waals surface area contributed by atoms with E-state index in [2.05, 4.69) is 15.3 Å². The fourth-order valence-electron chi connectivity index (χ4n) is 1.24. The zero-order valence-corrected chi connectivity index (χ0v) is 8.84. The van der Waals surface area contributed by atoms with Gasteiger partial charge in [0.15, 0.2) is 0 Å². The Hall–Kier alpha value is -2.01. The van der Waals surface area contributed by atoms with Crippen molar-refractivity contribution in [2.75, 3.05) is 5.32 Å². The Bertz CT molecular complexity index is 589. The zero-order valence-electron chi connectivity index (χ0n) is 8.08. The maximum atomic E-state index is 11.0. The smallest absolute Gasteiger partial charge is 0.327 e. The minimum Gasteiger partial charge on any atom is -0.340 e. The molecular formula is C10H8ClN3O2. The van der Waals surface area contributed by atoms with Crippen LogP contribution < -0.4 is 16.6 Å². The molecule has 0 aliphatic carbocycles. The van der Waals surface area contributed by atoms with Crippen LogP contribution >= 0.6 is 11.6 Å². The van der Waals surface area contributed by atoms with E-state index >= 15 is 0 Å². The van der Waals surface area contributed by atoms with Gasteiger partial charge in [0.25, 0.3) is 5.56 Å². The van der Waals surface area contributed by atoms with Gasteiger partial charge in [0.05, 0.1) is 10.7 Å². The van der Waals surface area contributed by atoms with Crippen molar-refractivity contribution in [3.63, 3.8) is 0 Å². The first-order valence-electron chi connectivity index (χ1n) is 4.50. The lowest BCUT2D eigenvalue weighted by Gasteiger charge is -2.06. The normalized spacial score (nSPS) is 10.1. The van der Waals surface area contributed by atoms with Crippen LogP contribution in [0.1, 0.15) is 0 Å². The first-order chi connectivity index (χ1) is 7.65. The van der Waals surface area contributed by atoms with Gasteiger partial charge in [0, 0.05) is 6.07 Å². The molecule has 3 N–H and O–H groups in total. The fraction of sp³-hybridized carbons (Fsp3) is 0. The Labute approximate surface area is 95.1 Å². The van der Waals surface area contributed by atoms with Crippen molar-refractivity contribution >= 4 is 23.1 Å². The van der Waals surface area contributed by atoms with Gasteiger partial charge in [-0.05, 0) is 12.1 Å². The summed E-state index contributed by atoms with van der Waals surface area (Å²) in [5.41, 5.74) is -0.425. The van der Waals surface area contributed by atoms with Gasteiger partial charge in [-0.1, -0.05) is 23.7 Å². The number of para-hydroxylation sites is 1. The van der Waals surface area contributed by atoms with E-state index in [4.69, 9.17) is 11.6 Å².